The van der Waals surface area contributed by atoms with Gasteiger partial charge in [0.05, 0.1) is 0 Å². The summed E-state index contributed by atoms with van der Waals surface area (Å²) in [5.41, 5.74) is -0.270. The molecule has 0 saturated carbocycles. The van der Waals surface area contributed by atoms with Gasteiger partial charge in [0.15, 0.2) is 0 Å². The Balaban J connectivity index is 2.74. The summed E-state index contributed by atoms with van der Waals surface area (Å²) in [6.07, 6.45) is 0. The van der Waals surface area contributed by atoms with E-state index in [1.165, 1.54) is 6.92 Å². The van der Waals surface area contributed by atoms with E-state index in [2.05, 4.69) is 10.6 Å². The molecule has 1 heterocycles. The summed E-state index contributed by atoms with van der Waals surface area (Å²) in [6, 6.07) is -0.446. The number of hydrogen-bond donors (Lipinski definition) is 2. The van der Waals surface area contributed by atoms with Gasteiger partial charge in [0, 0.05) is 33.1 Å². The number of nitrogens with zero attached hydrogens (tertiary/aromatic N) is 1. The summed E-state index contributed by atoms with van der Waals surface area (Å²) in [5, 5.41) is 5.97. The molecule has 0 aromatic heterocycles. The predicted octanol–water partition coefficient (Wildman–Crippen LogP) is -0.0310. The summed E-state index contributed by atoms with van der Waals surface area (Å²) < 4.78 is 0. The number of piperazine rings is 1. The fourth-order valence-corrected chi connectivity index (χ4v) is 1.92. The van der Waals surface area contributed by atoms with Gasteiger partial charge in [-0.15, -0.1) is 0 Å². The molecule has 0 aromatic carbocycles. The van der Waals surface area contributed by atoms with Crippen LogP contribution in [0.25, 0.3) is 0 Å². The van der Waals surface area contributed by atoms with Crippen LogP contribution in [0, 0.1) is 5.41 Å². The molecule has 1 atom stereocenters. The van der Waals surface area contributed by atoms with Crippen LogP contribution in [0.5, 0.6) is 0 Å². The van der Waals surface area contributed by atoms with Crippen LogP contribution in [0.3, 0.4) is 0 Å². The summed E-state index contributed by atoms with van der Waals surface area (Å²) in [5.74, 6) is -0.136. The smallest absolute Gasteiger partial charge is 0.245 e. The molecule has 2 amide bonds. The van der Waals surface area contributed by atoms with Crippen molar-refractivity contribution < 1.29 is 9.59 Å². The lowest BCUT2D eigenvalue weighted by atomic mass is 9.85. The van der Waals surface area contributed by atoms with Gasteiger partial charge < -0.3 is 15.5 Å². The van der Waals surface area contributed by atoms with Crippen molar-refractivity contribution >= 4 is 11.8 Å². The molecule has 0 radical (unpaired) electrons. The second-order valence-corrected chi connectivity index (χ2v) is 5.57. The van der Waals surface area contributed by atoms with Gasteiger partial charge in [-0.25, -0.2) is 0 Å². The maximum atomic E-state index is 12.4. The van der Waals surface area contributed by atoms with Crippen molar-refractivity contribution in [2.24, 2.45) is 5.41 Å². The molecular formula is C12H23N3O2. The molecule has 1 fully saturated rings. The third-order valence-corrected chi connectivity index (χ3v) is 2.89. The van der Waals surface area contributed by atoms with Crippen molar-refractivity contribution in [2.45, 2.75) is 33.7 Å². The van der Waals surface area contributed by atoms with Crippen LogP contribution in [0.15, 0.2) is 0 Å². The molecule has 0 aliphatic carbocycles. The molecule has 0 bridgehead atoms. The zero-order valence-corrected chi connectivity index (χ0v) is 11.2. The van der Waals surface area contributed by atoms with E-state index >= 15 is 0 Å². The molecule has 98 valence electrons. The quantitative estimate of drug-likeness (QED) is 0.713. The van der Waals surface area contributed by atoms with E-state index in [1.54, 1.807) is 0 Å². The van der Waals surface area contributed by atoms with Crippen molar-refractivity contribution in [1.82, 2.24) is 15.5 Å². The Morgan fingerprint density at radius 1 is 1.24 bits per heavy atom. The van der Waals surface area contributed by atoms with E-state index in [4.69, 9.17) is 0 Å². The largest absolute Gasteiger partial charge is 0.344 e. The first-order valence-electron chi connectivity index (χ1n) is 6.09. The Morgan fingerprint density at radius 3 is 2.18 bits per heavy atom. The van der Waals surface area contributed by atoms with Crippen molar-refractivity contribution in [1.29, 1.82) is 0 Å². The van der Waals surface area contributed by atoms with E-state index in [0.717, 1.165) is 13.1 Å². The van der Waals surface area contributed by atoms with Crippen LogP contribution < -0.4 is 10.6 Å². The number of rotatable bonds is 2. The monoisotopic (exact) mass is 241 g/mol. The van der Waals surface area contributed by atoms with E-state index in [0.29, 0.717) is 13.1 Å². The van der Waals surface area contributed by atoms with Crippen molar-refractivity contribution in [2.75, 3.05) is 26.2 Å². The van der Waals surface area contributed by atoms with Crippen molar-refractivity contribution in [3.63, 3.8) is 0 Å². The van der Waals surface area contributed by atoms with E-state index in [1.807, 2.05) is 25.7 Å². The van der Waals surface area contributed by atoms with Gasteiger partial charge in [-0.3, -0.25) is 9.59 Å². The second kappa shape index (κ2) is 5.49. The van der Waals surface area contributed by atoms with Crippen LogP contribution in [-0.2, 0) is 9.59 Å². The first kappa shape index (κ1) is 14.0. The molecule has 5 nitrogen and oxygen atoms in total. The highest BCUT2D eigenvalue weighted by atomic mass is 16.2. The minimum absolute atomic E-state index is 0.0224. The summed E-state index contributed by atoms with van der Waals surface area (Å²) in [7, 11) is 0. The maximum Gasteiger partial charge on any atom is 0.245 e. The molecule has 1 unspecified atom stereocenters. The molecule has 17 heavy (non-hydrogen) atoms. The zero-order chi connectivity index (χ0) is 13.1. The first-order valence-corrected chi connectivity index (χ1v) is 6.09. The summed E-state index contributed by atoms with van der Waals surface area (Å²) >= 11 is 0. The van der Waals surface area contributed by atoms with Crippen LogP contribution in [-0.4, -0.2) is 48.9 Å². The third-order valence-electron chi connectivity index (χ3n) is 2.89. The maximum absolute atomic E-state index is 12.4. The highest BCUT2D eigenvalue weighted by Crippen LogP contribution is 2.21. The zero-order valence-electron chi connectivity index (χ0n) is 11.2. The average Bonchev–Trinajstić information content (AvgIpc) is 2.24. The third kappa shape index (κ3) is 4.00. The molecule has 1 aliphatic heterocycles. The highest BCUT2D eigenvalue weighted by Gasteiger charge is 2.35. The normalized spacial score (nSPS) is 18.7. The molecule has 0 spiro atoms. The Kier molecular flexibility index (Phi) is 4.51. The Morgan fingerprint density at radius 2 is 1.76 bits per heavy atom. The predicted molar refractivity (Wildman–Crippen MR) is 66.5 cm³/mol. The summed E-state index contributed by atoms with van der Waals surface area (Å²) in [6.45, 7) is 10.4. The molecule has 5 heteroatoms. The van der Waals surface area contributed by atoms with Crippen LogP contribution in [0.1, 0.15) is 27.7 Å². The van der Waals surface area contributed by atoms with Gasteiger partial charge in [-0.2, -0.15) is 0 Å². The van der Waals surface area contributed by atoms with Gasteiger partial charge in [-0.05, 0) is 5.41 Å². The number of nitrogens with one attached hydrogen (secondary N) is 2. The molecule has 1 aliphatic rings. The lowest BCUT2D eigenvalue weighted by Gasteiger charge is -2.36. The number of hydrogen-bond acceptors (Lipinski definition) is 3. The SMILES string of the molecule is CC(=O)NC(C(=O)N1CCNCC1)C(C)(C)C. The van der Waals surface area contributed by atoms with Gasteiger partial charge in [-0.1, -0.05) is 20.8 Å². The number of amides is 2. The van der Waals surface area contributed by atoms with Crippen LogP contribution in [0.4, 0.5) is 0 Å². The summed E-state index contributed by atoms with van der Waals surface area (Å²) in [4.78, 5) is 25.4. The number of carbonyl (C=O) groups is 2. The first-order chi connectivity index (χ1) is 7.82. The molecule has 2 N–H and O–H groups in total. The Hall–Kier alpha value is -1.10. The topological polar surface area (TPSA) is 61.4 Å². The standard InChI is InChI=1S/C12H23N3O2/c1-9(16)14-10(12(2,3)4)11(17)15-7-5-13-6-8-15/h10,13H,5-8H2,1-4H3,(H,14,16). The minimum Gasteiger partial charge on any atom is -0.344 e. The van der Waals surface area contributed by atoms with Crippen LogP contribution in [0.2, 0.25) is 0 Å². The molecular weight excluding hydrogens is 218 g/mol. The minimum atomic E-state index is -0.446. The molecule has 1 rings (SSSR count). The van der Waals surface area contributed by atoms with Crippen molar-refractivity contribution in [3.8, 4) is 0 Å². The van der Waals surface area contributed by atoms with Gasteiger partial charge in [0.2, 0.25) is 11.8 Å². The lowest BCUT2D eigenvalue weighted by Crippen LogP contribution is -2.57. The second-order valence-electron chi connectivity index (χ2n) is 5.57. The van der Waals surface area contributed by atoms with E-state index < -0.39 is 6.04 Å². The van der Waals surface area contributed by atoms with Gasteiger partial charge >= 0.3 is 0 Å². The van der Waals surface area contributed by atoms with E-state index in [9.17, 15) is 9.59 Å². The molecule has 0 aromatic rings. The van der Waals surface area contributed by atoms with Crippen molar-refractivity contribution in [3.05, 3.63) is 0 Å². The highest BCUT2D eigenvalue weighted by molar-refractivity contribution is 5.87. The van der Waals surface area contributed by atoms with Gasteiger partial charge in [0.1, 0.15) is 6.04 Å². The fourth-order valence-electron chi connectivity index (χ4n) is 1.92. The lowest BCUT2D eigenvalue weighted by molar-refractivity contribution is -0.139. The molecule has 1 saturated heterocycles. The van der Waals surface area contributed by atoms with Gasteiger partial charge in [0.25, 0.3) is 0 Å². The Labute approximate surface area is 103 Å². The average molecular weight is 241 g/mol. The fraction of sp³-hybridized carbons (Fsp3) is 0.833. The number of carbonyl (C=O) groups excluding carboxylic acids is 2. The Bertz CT molecular complexity index is 291. The van der Waals surface area contributed by atoms with Crippen LogP contribution >= 0.6 is 0 Å². The van der Waals surface area contributed by atoms with E-state index in [-0.39, 0.29) is 17.2 Å².